The van der Waals surface area contributed by atoms with Gasteiger partial charge in [0.2, 0.25) is 12.0 Å². The van der Waals surface area contributed by atoms with Gasteiger partial charge in [0.1, 0.15) is 17.7 Å². The number of anilines is 2. The van der Waals surface area contributed by atoms with Gasteiger partial charge >= 0.3 is 12.3 Å². The molecular formula is C26H22ClF4N3O6S. The smallest absolute Gasteiger partial charge is 0.429 e. The average molecular weight is 616 g/mol. The zero-order chi connectivity index (χ0) is 29.9. The summed E-state index contributed by atoms with van der Waals surface area (Å²) < 4.78 is 93.0. The van der Waals surface area contributed by atoms with Gasteiger partial charge in [-0.3, -0.25) is 14.4 Å². The minimum absolute atomic E-state index is 0.0416. The number of halogens is 5. The normalized spacial score (nSPS) is 15.8. The van der Waals surface area contributed by atoms with Gasteiger partial charge in [-0.05, 0) is 54.6 Å². The number of sulfonamides is 1. The van der Waals surface area contributed by atoms with Crippen molar-refractivity contribution >= 4 is 45.0 Å². The number of nitrogens with zero attached hydrogens (tertiary/aromatic N) is 1. The van der Waals surface area contributed by atoms with Crippen LogP contribution in [0.3, 0.4) is 0 Å². The molecule has 0 radical (unpaired) electrons. The molecule has 0 spiro atoms. The monoisotopic (exact) mass is 615 g/mol. The lowest BCUT2D eigenvalue weighted by atomic mass is 10.1. The second-order valence-corrected chi connectivity index (χ2v) is 11.2. The van der Waals surface area contributed by atoms with Crippen molar-refractivity contribution in [3.63, 3.8) is 0 Å². The average Bonchev–Trinajstić information content (AvgIpc) is 2.90. The molecule has 218 valence electrons. The predicted molar refractivity (Wildman–Crippen MR) is 141 cm³/mol. The van der Waals surface area contributed by atoms with Crippen LogP contribution in [0, 0.1) is 5.82 Å². The first-order chi connectivity index (χ1) is 19.2. The molecule has 1 aliphatic heterocycles. The van der Waals surface area contributed by atoms with Gasteiger partial charge in [-0.2, -0.15) is 13.2 Å². The lowest BCUT2D eigenvalue weighted by molar-refractivity contribution is -0.205. The highest BCUT2D eigenvalue weighted by Crippen LogP contribution is 2.40. The fraction of sp³-hybridized carbons (Fsp3) is 0.231. The molecule has 0 fully saturated rings. The summed E-state index contributed by atoms with van der Waals surface area (Å²) >= 11 is 5.74. The summed E-state index contributed by atoms with van der Waals surface area (Å²) in [4.78, 5) is 23.7. The fourth-order valence-corrected chi connectivity index (χ4v) is 5.56. The van der Waals surface area contributed by atoms with Crippen LogP contribution in [0.2, 0.25) is 5.02 Å². The quantitative estimate of drug-likeness (QED) is 0.343. The zero-order valence-corrected chi connectivity index (χ0v) is 22.7. The Morgan fingerprint density at radius 2 is 1.76 bits per heavy atom. The number of rotatable bonds is 7. The molecular weight excluding hydrogens is 594 g/mol. The largest absolute Gasteiger partial charge is 0.484 e. The minimum Gasteiger partial charge on any atom is -0.484 e. The number of alkyl halides is 3. The third-order valence-corrected chi connectivity index (χ3v) is 7.86. The van der Waals surface area contributed by atoms with E-state index in [0.29, 0.717) is 0 Å². The van der Waals surface area contributed by atoms with Crippen LogP contribution in [0.4, 0.5) is 33.7 Å². The molecule has 9 nitrogen and oxygen atoms in total. The van der Waals surface area contributed by atoms with Crippen LogP contribution >= 0.6 is 11.6 Å². The Morgan fingerprint density at radius 1 is 1.10 bits per heavy atom. The van der Waals surface area contributed by atoms with Gasteiger partial charge in [0.15, 0.2) is 0 Å². The van der Waals surface area contributed by atoms with E-state index in [1.165, 1.54) is 37.3 Å². The molecule has 1 heterocycles. The molecule has 0 bridgehead atoms. The number of benzene rings is 3. The molecule has 2 unspecified atom stereocenters. The van der Waals surface area contributed by atoms with Crippen LogP contribution in [-0.4, -0.2) is 45.8 Å². The number of carbonyl (C=O) groups is 2. The Morgan fingerprint density at radius 3 is 2.37 bits per heavy atom. The van der Waals surface area contributed by atoms with Gasteiger partial charge in [-0.15, -0.1) is 0 Å². The van der Waals surface area contributed by atoms with Gasteiger partial charge in [0.05, 0.1) is 23.7 Å². The van der Waals surface area contributed by atoms with E-state index in [-0.39, 0.29) is 51.6 Å². The number of nitrogens with one attached hydrogen (secondary N) is 2. The lowest BCUT2D eigenvalue weighted by Crippen LogP contribution is -2.48. The van der Waals surface area contributed by atoms with Crippen molar-refractivity contribution in [3.8, 4) is 5.75 Å². The van der Waals surface area contributed by atoms with Gasteiger partial charge in [-0.1, -0.05) is 23.7 Å². The molecule has 41 heavy (non-hydrogen) atoms. The second-order valence-electron chi connectivity index (χ2n) is 8.85. The van der Waals surface area contributed by atoms with Crippen molar-refractivity contribution in [3.05, 3.63) is 83.1 Å². The molecule has 3 aromatic rings. The van der Waals surface area contributed by atoms with E-state index >= 15 is 0 Å². The van der Waals surface area contributed by atoms with Crippen LogP contribution in [-0.2, 0) is 19.6 Å². The van der Waals surface area contributed by atoms with Crippen LogP contribution in [0.5, 0.6) is 5.75 Å². The van der Waals surface area contributed by atoms with Crippen molar-refractivity contribution in [1.82, 2.24) is 5.32 Å². The molecule has 3 aromatic carbocycles. The van der Waals surface area contributed by atoms with E-state index in [4.69, 9.17) is 16.3 Å². The third kappa shape index (κ3) is 7.19. The molecule has 2 atom stereocenters. The van der Waals surface area contributed by atoms with E-state index in [1.807, 2.05) is 0 Å². The van der Waals surface area contributed by atoms with Crippen molar-refractivity contribution in [2.45, 2.75) is 30.2 Å². The summed E-state index contributed by atoms with van der Waals surface area (Å²) in [6, 6.07) is 12.4. The SMILES string of the molecule is CC(=O)NCC1CN(S(=O)(=O)c2ccc(F)cc2)c2cc(NC(=O)OC(c3ccc(Cl)cc3)C(F)(F)F)ccc2O1. The van der Waals surface area contributed by atoms with Crippen LogP contribution < -0.4 is 19.7 Å². The van der Waals surface area contributed by atoms with Gasteiger partial charge < -0.3 is 14.8 Å². The molecule has 0 aliphatic carbocycles. The first-order valence-corrected chi connectivity index (χ1v) is 13.7. The Bertz CT molecular complexity index is 1540. The summed E-state index contributed by atoms with van der Waals surface area (Å²) in [5.74, 6) is -0.984. The van der Waals surface area contributed by atoms with Crippen molar-refractivity contribution < 1.29 is 45.0 Å². The Hall–Kier alpha value is -4.04. The molecule has 0 aromatic heterocycles. The van der Waals surface area contributed by atoms with E-state index in [9.17, 15) is 35.6 Å². The Labute approximate surface area is 237 Å². The Balaban J connectivity index is 1.63. The molecule has 0 saturated heterocycles. The number of hydrogen-bond donors (Lipinski definition) is 2. The summed E-state index contributed by atoms with van der Waals surface area (Å²) in [6.45, 7) is 0.949. The summed E-state index contributed by atoms with van der Waals surface area (Å²) in [7, 11) is -4.32. The van der Waals surface area contributed by atoms with Crippen molar-refractivity contribution in [2.75, 3.05) is 22.7 Å². The Kier molecular flexibility index (Phi) is 8.63. The molecule has 4 rings (SSSR count). The highest BCUT2D eigenvalue weighted by molar-refractivity contribution is 7.92. The highest BCUT2D eigenvalue weighted by Gasteiger charge is 2.44. The standard InChI is InChI=1S/C26H22ClF4N3O6S/c1-15(35)32-13-20-14-34(41(37,38)21-9-6-18(28)7-10-21)22-12-19(8-11-23(22)39-20)33-25(36)40-24(26(29,30)31)16-2-4-17(27)5-3-16/h2-12,20,24H,13-14H2,1H3,(H,32,35)(H,33,36). The van der Waals surface area contributed by atoms with Crippen molar-refractivity contribution in [2.24, 2.45) is 0 Å². The number of carbonyl (C=O) groups excluding carboxylic acids is 2. The molecule has 0 saturated carbocycles. The van der Waals surface area contributed by atoms with Crippen LogP contribution in [0.25, 0.3) is 0 Å². The van der Waals surface area contributed by atoms with Crippen LogP contribution in [0.15, 0.2) is 71.6 Å². The maximum atomic E-state index is 13.7. The van der Waals surface area contributed by atoms with E-state index in [1.54, 1.807) is 0 Å². The first-order valence-electron chi connectivity index (χ1n) is 11.9. The van der Waals surface area contributed by atoms with Gasteiger partial charge in [0.25, 0.3) is 10.0 Å². The topological polar surface area (TPSA) is 114 Å². The molecule has 15 heteroatoms. The van der Waals surface area contributed by atoms with E-state index in [2.05, 4.69) is 15.4 Å². The highest BCUT2D eigenvalue weighted by atomic mass is 35.5. The zero-order valence-electron chi connectivity index (χ0n) is 21.1. The second kappa shape index (κ2) is 11.8. The van der Waals surface area contributed by atoms with E-state index < -0.39 is 40.3 Å². The van der Waals surface area contributed by atoms with Gasteiger partial charge in [0, 0.05) is 23.2 Å². The summed E-state index contributed by atoms with van der Waals surface area (Å²) in [5.41, 5.74) is -0.525. The molecule has 2 N–H and O–H groups in total. The van der Waals surface area contributed by atoms with Crippen molar-refractivity contribution in [1.29, 1.82) is 0 Å². The summed E-state index contributed by atoms with van der Waals surface area (Å²) in [5, 5.41) is 4.91. The maximum absolute atomic E-state index is 13.7. The first kappa shape index (κ1) is 29.9. The number of hydrogen-bond acceptors (Lipinski definition) is 6. The van der Waals surface area contributed by atoms with Crippen LogP contribution in [0.1, 0.15) is 18.6 Å². The van der Waals surface area contributed by atoms with E-state index in [0.717, 1.165) is 40.7 Å². The number of amides is 2. The minimum atomic E-state index is -4.95. The van der Waals surface area contributed by atoms with Gasteiger partial charge in [-0.25, -0.2) is 17.6 Å². The predicted octanol–water partition coefficient (Wildman–Crippen LogP) is 5.42. The summed E-state index contributed by atoms with van der Waals surface area (Å²) in [6.07, 6.45) is -9.84. The molecule has 2 amide bonds. The third-order valence-electron chi connectivity index (χ3n) is 5.81. The fourth-order valence-electron chi connectivity index (χ4n) is 3.93. The molecule has 1 aliphatic rings. The number of ether oxygens (including phenoxy) is 2. The lowest BCUT2D eigenvalue weighted by Gasteiger charge is -2.35. The maximum Gasteiger partial charge on any atom is 0.429 e. The number of fused-ring (bicyclic) bond motifs is 1.